The molecule has 0 aliphatic rings. The van der Waals surface area contributed by atoms with Gasteiger partial charge in [-0.2, -0.15) is 0 Å². The van der Waals surface area contributed by atoms with Crippen molar-refractivity contribution >= 4 is 33.7 Å². The van der Waals surface area contributed by atoms with E-state index in [0.29, 0.717) is 17.7 Å². The summed E-state index contributed by atoms with van der Waals surface area (Å²) in [6.07, 6.45) is 0.822. The van der Waals surface area contributed by atoms with Gasteiger partial charge in [0.05, 0.1) is 16.6 Å². The van der Waals surface area contributed by atoms with Gasteiger partial charge in [-0.1, -0.05) is 78.9 Å². The van der Waals surface area contributed by atoms with Crippen LogP contribution in [-0.2, 0) is 22.6 Å². The molecule has 5 rings (SSSR count). The lowest BCUT2D eigenvalue weighted by molar-refractivity contribution is -0.144. The van der Waals surface area contributed by atoms with Crippen molar-refractivity contribution in [2.75, 3.05) is 0 Å². The van der Waals surface area contributed by atoms with E-state index in [1.165, 1.54) is 0 Å². The summed E-state index contributed by atoms with van der Waals surface area (Å²) in [6.45, 7) is 0.271. The van der Waals surface area contributed by atoms with E-state index in [-0.39, 0.29) is 19.0 Å². The number of hydrogen-bond donors (Lipinski definition) is 0. The Bertz CT molecular complexity index is 1440. The largest absolute Gasteiger partial charge is 0.461 e. The molecule has 0 bridgehead atoms. The minimum absolute atomic E-state index is 0.249. The van der Waals surface area contributed by atoms with Crippen LogP contribution in [0.25, 0.3) is 21.8 Å². The first kappa shape index (κ1) is 22.3. The predicted molar refractivity (Wildman–Crippen MR) is 135 cm³/mol. The predicted octanol–water partition coefficient (Wildman–Crippen LogP) is 6.28. The van der Waals surface area contributed by atoms with Crippen LogP contribution in [0.3, 0.4) is 0 Å². The van der Waals surface area contributed by atoms with Gasteiger partial charge in [-0.05, 0) is 41.8 Å². The van der Waals surface area contributed by atoms with Crippen molar-refractivity contribution < 1.29 is 19.1 Å². The van der Waals surface area contributed by atoms with E-state index in [0.717, 1.165) is 32.9 Å². The Labute approximate surface area is 203 Å². The maximum Gasteiger partial charge on any atom is 0.344 e. The molecule has 1 heterocycles. The molecule has 0 unspecified atom stereocenters. The molecule has 5 heteroatoms. The third-order valence-corrected chi connectivity index (χ3v) is 5.79. The third kappa shape index (κ3) is 5.20. The quantitative estimate of drug-likeness (QED) is 0.162. The number of esters is 2. The molecular weight excluding hydrogens is 438 g/mol. The van der Waals surface area contributed by atoms with Crippen molar-refractivity contribution in [1.82, 2.24) is 4.98 Å². The molecule has 5 nitrogen and oxygen atoms in total. The number of fused-ring (bicyclic) bond motifs is 2. The zero-order chi connectivity index (χ0) is 24.0. The second-order valence-corrected chi connectivity index (χ2v) is 8.20. The van der Waals surface area contributed by atoms with Crippen LogP contribution in [0, 0.1) is 0 Å². The highest BCUT2D eigenvalue weighted by atomic mass is 16.5. The Balaban J connectivity index is 1.25. The summed E-state index contributed by atoms with van der Waals surface area (Å²) >= 11 is 0. The molecule has 0 amide bonds. The van der Waals surface area contributed by atoms with Gasteiger partial charge in [0.25, 0.3) is 0 Å². The first-order chi connectivity index (χ1) is 17.2. The van der Waals surface area contributed by atoms with E-state index in [1.807, 2.05) is 91.0 Å². The molecular formula is C30H23NO4. The van der Waals surface area contributed by atoms with Gasteiger partial charge in [0.15, 0.2) is 0 Å². The maximum atomic E-state index is 13.2. The summed E-state index contributed by atoms with van der Waals surface area (Å²) in [5.74, 6) is -0.242. The third-order valence-electron chi connectivity index (χ3n) is 5.79. The van der Waals surface area contributed by atoms with E-state index < -0.39 is 5.97 Å². The van der Waals surface area contributed by atoms with Gasteiger partial charge in [-0.25, -0.2) is 9.78 Å². The second kappa shape index (κ2) is 10.2. The van der Waals surface area contributed by atoms with E-state index >= 15 is 0 Å². The Morgan fingerprint density at radius 1 is 0.657 bits per heavy atom. The van der Waals surface area contributed by atoms with Crippen molar-refractivity contribution in [3.05, 3.63) is 120 Å². The zero-order valence-electron chi connectivity index (χ0n) is 19.0. The molecule has 35 heavy (non-hydrogen) atoms. The molecule has 172 valence electrons. The van der Waals surface area contributed by atoms with Crippen LogP contribution in [0.5, 0.6) is 5.75 Å². The van der Waals surface area contributed by atoms with Crippen molar-refractivity contribution in [2.24, 2.45) is 0 Å². The van der Waals surface area contributed by atoms with E-state index in [2.05, 4.69) is 4.98 Å². The monoisotopic (exact) mass is 461 g/mol. The first-order valence-electron chi connectivity index (χ1n) is 11.5. The molecule has 4 aromatic carbocycles. The van der Waals surface area contributed by atoms with Crippen molar-refractivity contribution in [3.63, 3.8) is 0 Å². The van der Waals surface area contributed by atoms with Gasteiger partial charge >= 0.3 is 11.9 Å². The number of aryl methyl sites for hydroxylation is 1. The number of para-hydroxylation sites is 2. The topological polar surface area (TPSA) is 65.5 Å². The lowest BCUT2D eigenvalue weighted by Crippen LogP contribution is -2.10. The summed E-state index contributed by atoms with van der Waals surface area (Å²) in [7, 11) is 0. The van der Waals surface area contributed by atoms with Crippen LogP contribution in [0.1, 0.15) is 27.9 Å². The van der Waals surface area contributed by atoms with Crippen molar-refractivity contribution in [3.8, 4) is 5.75 Å². The zero-order valence-corrected chi connectivity index (χ0v) is 19.0. The average Bonchev–Trinajstić information content (AvgIpc) is 2.90. The molecule has 5 aromatic rings. The van der Waals surface area contributed by atoms with Crippen LogP contribution >= 0.6 is 0 Å². The fourth-order valence-electron chi connectivity index (χ4n) is 4.00. The highest BCUT2D eigenvalue weighted by Gasteiger charge is 2.18. The molecule has 0 aliphatic carbocycles. The highest BCUT2D eigenvalue weighted by molar-refractivity contribution is 6.14. The van der Waals surface area contributed by atoms with Gasteiger partial charge in [-0.15, -0.1) is 0 Å². The van der Waals surface area contributed by atoms with Gasteiger partial charge in [0.2, 0.25) is 0 Å². The summed E-state index contributed by atoms with van der Waals surface area (Å²) in [5, 5.41) is 1.50. The van der Waals surface area contributed by atoms with Gasteiger partial charge in [0.1, 0.15) is 12.4 Å². The Morgan fingerprint density at radius 2 is 1.26 bits per heavy atom. The molecule has 0 spiro atoms. The number of hydrogen-bond acceptors (Lipinski definition) is 5. The SMILES string of the molecule is O=C(CCc1ccc(OC(=O)c2c3ccccc3nc3ccccc23)cc1)OCc1ccccc1. The molecule has 0 fully saturated rings. The number of rotatable bonds is 7. The van der Waals surface area contributed by atoms with Crippen LogP contribution in [-0.4, -0.2) is 16.9 Å². The molecule has 0 saturated heterocycles. The van der Waals surface area contributed by atoms with Crippen LogP contribution in [0.2, 0.25) is 0 Å². The number of carbonyl (C=O) groups excluding carboxylic acids is 2. The van der Waals surface area contributed by atoms with E-state index in [1.54, 1.807) is 12.1 Å². The Kier molecular flexibility index (Phi) is 6.48. The van der Waals surface area contributed by atoms with Crippen LogP contribution < -0.4 is 4.74 Å². The molecule has 0 aliphatic heterocycles. The van der Waals surface area contributed by atoms with Gasteiger partial charge < -0.3 is 9.47 Å². The number of ether oxygens (including phenoxy) is 2. The lowest BCUT2D eigenvalue weighted by Gasteiger charge is -2.11. The molecule has 1 aromatic heterocycles. The summed E-state index contributed by atoms with van der Waals surface area (Å²) in [6, 6.07) is 31.9. The fourth-order valence-corrected chi connectivity index (χ4v) is 4.00. The second-order valence-electron chi connectivity index (χ2n) is 8.20. The minimum Gasteiger partial charge on any atom is -0.461 e. The summed E-state index contributed by atoms with van der Waals surface area (Å²) in [5.41, 5.74) is 3.90. The molecule has 0 atom stereocenters. The van der Waals surface area contributed by atoms with Crippen LogP contribution in [0.15, 0.2) is 103 Å². The number of carbonyl (C=O) groups is 2. The van der Waals surface area contributed by atoms with Crippen molar-refractivity contribution in [2.45, 2.75) is 19.4 Å². The molecule has 0 saturated carbocycles. The number of aromatic nitrogens is 1. The fraction of sp³-hybridized carbons (Fsp3) is 0.100. The van der Waals surface area contributed by atoms with E-state index in [9.17, 15) is 9.59 Å². The lowest BCUT2D eigenvalue weighted by atomic mass is 10.0. The van der Waals surface area contributed by atoms with E-state index in [4.69, 9.17) is 9.47 Å². The highest BCUT2D eigenvalue weighted by Crippen LogP contribution is 2.27. The van der Waals surface area contributed by atoms with Gasteiger partial charge in [0, 0.05) is 17.2 Å². The summed E-state index contributed by atoms with van der Waals surface area (Å²) < 4.78 is 11.1. The van der Waals surface area contributed by atoms with Crippen molar-refractivity contribution in [1.29, 1.82) is 0 Å². The Hall–Kier alpha value is -4.51. The Morgan fingerprint density at radius 3 is 1.91 bits per heavy atom. The number of benzene rings is 4. The normalized spacial score (nSPS) is 10.9. The van der Waals surface area contributed by atoms with Gasteiger partial charge in [-0.3, -0.25) is 4.79 Å². The number of nitrogens with zero attached hydrogens (tertiary/aromatic N) is 1. The minimum atomic E-state index is -0.433. The van der Waals surface area contributed by atoms with Crippen LogP contribution in [0.4, 0.5) is 0 Å². The first-order valence-corrected chi connectivity index (χ1v) is 11.5. The molecule has 0 N–H and O–H groups in total. The standard InChI is InChI=1S/C30H23NO4/c32-28(34-20-22-8-2-1-3-9-22)19-16-21-14-17-23(18-15-21)35-30(33)29-24-10-4-6-12-26(24)31-27-13-7-5-11-25(27)29/h1-15,17-18H,16,19-20H2. The smallest absolute Gasteiger partial charge is 0.344 e. The average molecular weight is 462 g/mol. The number of pyridine rings is 1. The summed E-state index contributed by atoms with van der Waals surface area (Å²) in [4.78, 5) is 30.0. The molecule has 0 radical (unpaired) electrons. The maximum absolute atomic E-state index is 13.2.